The van der Waals surface area contributed by atoms with Crippen LogP contribution in [0.3, 0.4) is 0 Å². The molecule has 0 aliphatic heterocycles. The molecule has 0 saturated carbocycles. The second kappa shape index (κ2) is 5.15. The van der Waals surface area contributed by atoms with Gasteiger partial charge in [0.15, 0.2) is 0 Å². The molecule has 1 aromatic heterocycles. The number of hydrogen-bond acceptors (Lipinski definition) is 5. The van der Waals surface area contributed by atoms with Crippen molar-refractivity contribution in [1.82, 2.24) is 9.88 Å². The number of aryl methyl sites for hydroxylation is 1. The highest BCUT2D eigenvalue weighted by Crippen LogP contribution is 2.16. The minimum Gasteiger partial charge on any atom is -0.394 e. The molecule has 3 N–H and O–H groups in total. The molecule has 0 aliphatic rings. The fourth-order valence-electron chi connectivity index (χ4n) is 1.34. The second-order valence-electron chi connectivity index (χ2n) is 4.28. The van der Waals surface area contributed by atoms with Crippen LogP contribution >= 0.6 is 0 Å². The lowest BCUT2D eigenvalue weighted by Gasteiger charge is -2.26. The lowest BCUT2D eigenvalue weighted by atomic mass is 10.1. The molecule has 0 radical (unpaired) electrons. The van der Waals surface area contributed by atoms with Crippen molar-refractivity contribution in [3.8, 4) is 0 Å². The first-order chi connectivity index (χ1) is 8.33. The molecule has 8 nitrogen and oxygen atoms in total. The van der Waals surface area contributed by atoms with Crippen LogP contribution in [0.15, 0.2) is 12.3 Å². The molecule has 1 rings (SSSR count). The van der Waals surface area contributed by atoms with Gasteiger partial charge in [0.25, 0.3) is 11.6 Å². The van der Waals surface area contributed by atoms with Gasteiger partial charge >= 0.3 is 0 Å². The number of nitrogens with one attached hydrogen (secondary N) is 1. The third kappa shape index (κ3) is 2.84. The van der Waals surface area contributed by atoms with Crippen LogP contribution in [-0.4, -0.2) is 44.4 Å². The van der Waals surface area contributed by atoms with Crippen LogP contribution in [0.4, 0.5) is 5.69 Å². The minimum absolute atomic E-state index is 0.0785. The summed E-state index contributed by atoms with van der Waals surface area (Å²) in [7, 11) is 1.50. The standard InChI is InChI=1S/C10H15N3O5/c1-10(5-14,6-15)11-9(16)8-3-7(13(17)18)4-12(8)2/h3-4,14-15H,5-6H2,1-2H3,(H,11,16). The molecular formula is C10H15N3O5. The van der Waals surface area contributed by atoms with Gasteiger partial charge in [0.05, 0.1) is 29.9 Å². The summed E-state index contributed by atoms with van der Waals surface area (Å²) in [6.45, 7) is 0.575. The molecule has 18 heavy (non-hydrogen) atoms. The molecule has 100 valence electrons. The maximum absolute atomic E-state index is 11.9. The van der Waals surface area contributed by atoms with Crippen LogP contribution < -0.4 is 5.32 Å². The van der Waals surface area contributed by atoms with Crippen molar-refractivity contribution in [3.63, 3.8) is 0 Å². The van der Waals surface area contributed by atoms with Crippen LogP contribution in [0.1, 0.15) is 17.4 Å². The summed E-state index contributed by atoms with van der Waals surface area (Å²) in [6.07, 6.45) is 1.21. The number of aliphatic hydroxyl groups is 2. The molecule has 1 aromatic rings. The Balaban J connectivity index is 2.94. The zero-order valence-corrected chi connectivity index (χ0v) is 10.1. The summed E-state index contributed by atoms with van der Waals surface area (Å²) in [5.41, 5.74) is -1.29. The maximum atomic E-state index is 11.9. The van der Waals surface area contributed by atoms with Gasteiger partial charge in [-0.15, -0.1) is 0 Å². The van der Waals surface area contributed by atoms with E-state index in [4.69, 9.17) is 10.2 Å². The highest BCUT2D eigenvalue weighted by molar-refractivity contribution is 5.94. The van der Waals surface area contributed by atoms with Crippen molar-refractivity contribution >= 4 is 11.6 Å². The summed E-state index contributed by atoms with van der Waals surface area (Å²) in [6, 6.07) is 1.13. The van der Waals surface area contributed by atoms with Crippen LogP contribution in [0.2, 0.25) is 0 Å². The minimum atomic E-state index is -1.17. The van der Waals surface area contributed by atoms with Gasteiger partial charge in [0.2, 0.25) is 0 Å². The van der Waals surface area contributed by atoms with E-state index in [2.05, 4.69) is 5.32 Å². The van der Waals surface area contributed by atoms with Crippen molar-refractivity contribution in [3.05, 3.63) is 28.1 Å². The van der Waals surface area contributed by atoms with E-state index < -0.39 is 29.6 Å². The molecule has 1 heterocycles. The van der Waals surface area contributed by atoms with Gasteiger partial charge in [-0.3, -0.25) is 14.9 Å². The normalized spacial score (nSPS) is 11.3. The lowest BCUT2D eigenvalue weighted by Crippen LogP contribution is -2.52. The first-order valence-electron chi connectivity index (χ1n) is 5.18. The Morgan fingerprint density at radius 1 is 1.56 bits per heavy atom. The summed E-state index contributed by atoms with van der Waals surface area (Å²) in [5.74, 6) is -0.601. The quantitative estimate of drug-likeness (QED) is 0.481. The van der Waals surface area contributed by atoms with Gasteiger partial charge < -0.3 is 20.1 Å². The van der Waals surface area contributed by atoms with E-state index >= 15 is 0 Å². The van der Waals surface area contributed by atoms with Gasteiger partial charge in [-0.05, 0) is 6.92 Å². The smallest absolute Gasteiger partial charge is 0.287 e. The number of nitro groups is 1. The Bertz CT molecular complexity index is 464. The van der Waals surface area contributed by atoms with Crippen LogP contribution in [0.5, 0.6) is 0 Å². The van der Waals surface area contributed by atoms with E-state index in [0.29, 0.717) is 0 Å². The first kappa shape index (κ1) is 14.1. The molecule has 0 atom stereocenters. The van der Waals surface area contributed by atoms with E-state index in [1.54, 1.807) is 0 Å². The Morgan fingerprint density at radius 2 is 2.11 bits per heavy atom. The molecular weight excluding hydrogens is 242 g/mol. The molecule has 0 saturated heterocycles. The number of hydrogen-bond donors (Lipinski definition) is 3. The van der Waals surface area contributed by atoms with E-state index in [0.717, 1.165) is 6.07 Å². The molecule has 0 spiro atoms. The number of carbonyl (C=O) groups excluding carboxylic acids is 1. The van der Waals surface area contributed by atoms with E-state index in [1.807, 2.05) is 0 Å². The monoisotopic (exact) mass is 257 g/mol. The van der Waals surface area contributed by atoms with Crippen LogP contribution in [-0.2, 0) is 7.05 Å². The fraction of sp³-hybridized carbons (Fsp3) is 0.500. The largest absolute Gasteiger partial charge is 0.394 e. The topological polar surface area (TPSA) is 118 Å². The van der Waals surface area contributed by atoms with E-state index in [9.17, 15) is 14.9 Å². The number of aromatic nitrogens is 1. The van der Waals surface area contributed by atoms with Crippen molar-refractivity contribution in [1.29, 1.82) is 0 Å². The van der Waals surface area contributed by atoms with Gasteiger partial charge in [-0.2, -0.15) is 0 Å². The molecule has 0 aliphatic carbocycles. The summed E-state index contributed by atoms with van der Waals surface area (Å²) in [5, 5.41) is 31.1. The molecule has 8 heteroatoms. The van der Waals surface area contributed by atoms with E-state index in [1.165, 1.54) is 24.7 Å². The van der Waals surface area contributed by atoms with Gasteiger partial charge in [-0.25, -0.2) is 0 Å². The number of aliphatic hydroxyl groups excluding tert-OH is 2. The molecule has 1 amide bonds. The Kier molecular flexibility index (Phi) is 4.04. The number of nitrogens with zero attached hydrogens (tertiary/aromatic N) is 2. The third-order valence-corrected chi connectivity index (χ3v) is 2.55. The van der Waals surface area contributed by atoms with Crippen LogP contribution in [0, 0.1) is 10.1 Å². The lowest BCUT2D eigenvalue weighted by molar-refractivity contribution is -0.384. The molecule has 0 bridgehead atoms. The fourth-order valence-corrected chi connectivity index (χ4v) is 1.34. The Morgan fingerprint density at radius 3 is 2.50 bits per heavy atom. The summed E-state index contributed by atoms with van der Waals surface area (Å²) < 4.78 is 1.31. The highest BCUT2D eigenvalue weighted by atomic mass is 16.6. The molecule has 0 fully saturated rings. The highest BCUT2D eigenvalue weighted by Gasteiger charge is 2.27. The average molecular weight is 257 g/mol. The van der Waals surface area contributed by atoms with Crippen molar-refractivity contribution in [2.45, 2.75) is 12.5 Å². The predicted molar refractivity (Wildman–Crippen MR) is 62.1 cm³/mol. The molecule has 0 aromatic carbocycles. The number of amides is 1. The summed E-state index contributed by atoms with van der Waals surface area (Å²) in [4.78, 5) is 21.8. The SMILES string of the molecule is Cn1cc([N+](=O)[O-])cc1C(=O)NC(C)(CO)CO. The number of carbonyl (C=O) groups is 1. The predicted octanol–water partition coefficient (Wildman–Crippen LogP) is -0.594. The molecule has 0 unspecified atom stereocenters. The Labute approximate surface area is 103 Å². The number of rotatable bonds is 5. The Hall–Kier alpha value is -1.93. The van der Waals surface area contributed by atoms with Crippen molar-refractivity contribution < 1.29 is 19.9 Å². The maximum Gasteiger partial charge on any atom is 0.287 e. The van der Waals surface area contributed by atoms with Crippen molar-refractivity contribution in [2.75, 3.05) is 13.2 Å². The van der Waals surface area contributed by atoms with Crippen molar-refractivity contribution in [2.24, 2.45) is 7.05 Å². The zero-order valence-electron chi connectivity index (χ0n) is 10.1. The van der Waals surface area contributed by atoms with Gasteiger partial charge in [0, 0.05) is 13.1 Å². The average Bonchev–Trinajstić information content (AvgIpc) is 2.71. The van der Waals surface area contributed by atoms with E-state index in [-0.39, 0.29) is 11.4 Å². The van der Waals surface area contributed by atoms with Gasteiger partial charge in [-0.1, -0.05) is 0 Å². The second-order valence-corrected chi connectivity index (χ2v) is 4.28. The van der Waals surface area contributed by atoms with Gasteiger partial charge in [0.1, 0.15) is 5.69 Å². The summed E-state index contributed by atoms with van der Waals surface area (Å²) >= 11 is 0. The van der Waals surface area contributed by atoms with Crippen LogP contribution in [0.25, 0.3) is 0 Å². The third-order valence-electron chi connectivity index (χ3n) is 2.55. The first-order valence-corrected chi connectivity index (χ1v) is 5.18. The zero-order chi connectivity index (χ0) is 13.9.